The van der Waals surface area contributed by atoms with E-state index in [1.165, 1.54) is 10.5 Å². The van der Waals surface area contributed by atoms with E-state index in [9.17, 15) is 14.4 Å². The highest BCUT2D eigenvalue weighted by Crippen LogP contribution is 2.30. The molecule has 0 radical (unpaired) electrons. The Hall–Kier alpha value is -3.35. The van der Waals surface area contributed by atoms with Crippen molar-refractivity contribution in [1.29, 1.82) is 0 Å². The standard InChI is InChI=1S/C24H28N2O5/c1-17(2)19-9-7-18(8-10-19)11-13-25-22(27)16-31-24(29)15-26-20-5-3-4-6-21(20)30-14-12-23(26)28/h3-10,17H,11-16H2,1-2H3,(H,25,27). The van der Waals surface area contributed by atoms with Gasteiger partial charge in [-0.1, -0.05) is 50.2 Å². The molecule has 1 heterocycles. The molecule has 3 rings (SSSR count). The number of anilines is 1. The molecule has 0 spiro atoms. The van der Waals surface area contributed by atoms with Crippen molar-refractivity contribution in [2.45, 2.75) is 32.6 Å². The van der Waals surface area contributed by atoms with Crippen LogP contribution in [0, 0.1) is 0 Å². The van der Waals surface area contributed by atoms with E-state index in [0.717, 1.165) is 5.56 Å². The van der Waals surface area contributed by atoms with E-state index in [0.29, 0.717) is 30.3 Å². The first-order valence-corrected chi connectivity index (χ1v) is 10.5. The molecule has 7 nitrogen and oxygen atoms in total. The number of rotatable bonds is 8. The smallest absolute Gasteiger partial charge is 0.326 e. The van der Waals surface area contributed by atoms with Crippen molar-refractivity contribution in [3.8, 4) is 5.75 Å². The van der Waals surface area contributed by atoms with Crippen molar-refractivity contribution >= 4 is 23.5 Å². The van der Waals surface area contributed by atoms with E-state index in [1.807, 2.05) is 0 Å². The molecular formula is C24H28N2O5. The Morgan fingerprint density at radius 3 is 2.61 bits per heavy atom. The number of nitrogens with one attached hydrogen (secondary N) is 1. The lowest BCUT2D eigenvalue weighted by Gasteiger charge is -2.20. The van der Waals surface area contributed by atoms with E-state index in [-0.39, 0.29) is 38.0 Å². The number of carbonyl (C=O) groups excluding carboxylic acids is 3. The minimum absolute atomic E-state index is 0.167. The van der Waals surface area contributed by atoms with Crippen LogP contribution in [0.15, 0.2) is 48.5 Å². The van der Waals surface area contributed by atoms with Gasteiger partial charge in [0, 0.05) is 6.54 Å². The van der Waals surface area contributed by atoms with E-state index in [4.69, 9.17) is 9.47 Å². The van der Waals surface area contributed by atoms with Crippen LogP contribution in [0.1, 0.15) is 37.3 Å². The first-order valence-electron chi connectivity index (χ1n) is 10.5. The van der Waals surface area contributed by atoms with Crippen LogP contribution in [-0.2, 0) is 25.5 Å². The molecule has 0 atom stereocenters. The predicted molar refractivity (Wildman–Crippen MR) is 117 cm³/mol. The number of amides is 2. The monoisotopic (exact) mass is 424 g/mol. The number of nitrogens with zero attached hydrogens (tertiary/aromatic N) is 1. The fourth-order valence-electron chi connectivity index (χ4n) is 3.28. The molecule has 0 unspecified atom stereocenters. The summed E-state index contributed by atoms with van der Waals surface area (Å²) in [5.74, 6) is -0.230. The van der Waals surface area contributed by atoms with Gasteiger partial charge < -0.3 is 14.8 Å². The molecular weight excluding hydrogens is 396 g/mol. The van der Waals surface area contributed by atoms with Crippen molar-refractivity contribution < 1.29 is 23.9 Å². The molecule has 164 valence electrons. The Morgan fingerprint density at radius 2 is 1.87 bits per heavy atom. The SMILES string of the molecule is CC(C)c1ccc(CCNC(=O)COC(=O)CN2C(=O)CCOc3ccccc32)cc1. The highest BCUT2D eigenvalue weighted by molar-refractivity contribution is 5.99. The van der Waals surface area contributed by atoms with Crippen molar-refractivity contribution in [1.82, 2.24) is 5.32 Å². The van der Waals surface area contributed by atoms with Gasteiger partial charge in [0.05, 0.1) is 18.7 Å². The van der Waals surface area contributed by atoms with Crippen LogP contribution in [0.5, 0.6) is 5.75 Å². The van der Waals surface area contributed by atoms with Crippen molar-refractivity contribution in [2.75, 3.05) is 31.2 Å². The van der Waals surface area contributed by atoms with Gasteiger partial charge in [0.1, 0.15) is 12.3 Å². The molecule has 0 aliphatic carbocycles. The summed E-state index contributed by atoms with van der Waals surface area (Å²) in [4.78, 5) is 37.9. The maximum atomic E-state index is 12.3. The number of carbonyl (C=O) groups is 3. The maximum absolute atomic E-state index is 12.3. The molecule has 2 amide bonds. The van der Waals surface area contributed by atoms with Crippen LogP contribution in [0.4, 0.5) is 5.69 Å². The van der Waals surface area contributed by atoms with Gasteiger partial charge in [-0.05, 0) is 35.6 Å². The fourth-order valence-corrected chi connectivity index (χ4v) is 3.28. The summed E-state index contributed by atoms with van der Waals surface area (Å²) in [5, 5.41) is 2.75. The summed E-state index contributed by atoms with van der Waals surface area (Å²) in [6.45, 7) is 4.34. The third-order valence-electron chi connectivity index (χ3n) is 5.06. The minimum Gasteiger partial charge on any atom is -0.491 e. The van der Waals surface area contributed by atoms with Gasteiger partial charge >= 0.3 is 5.97 Å². The zero-order chi connectivity index (χ0) is 22.2. The van der Waals surface area contributed by atoms with Crippen LogP contribution in [-0.4, -0.2) is 44.1 Å². The number of ether oxygens (including phenoxy) is 2. The second-order valence-electron chi connectivity index (χ2n) is 7.70. The number of esters is 1. The molecule has 2 aromatic rings. The molecule has 2 aromatic carbocycles. The summed E-state index contributed by atoms with van der Waals surface area (Å²) in [5.41, 5.74) is 2.92. The van der Waals surface area contributed by atoms with E-state index in [1.54, 1.807) is 24.3 Å². The Morgan fingerprint density at radius 1 is 1.13 bits per heavy atom. The second-order valence-corrected chi connectivity index (χ2v) is 7.70. The lowest BCUT2D eigenvalue weighted by atomic mass is 10.0. The van der Waals surface area contributed by atoms with Gasteiger partial charge in [-0.3, -0.25) is 19.3 Å². The molecule has 0 aromatic heterocycles. The summed E-state index contributed by atoms with van der Waals surface area (Å²) in [7, 11) is 0. The van der Waals surface area contributed by atoms with Crippen LogP contribution in [0.2, 0.25) is 0 Å². The summed E-state index contributed by atoms with van der Waals surface area (Å²) in [6, 6.07) is 15.3. The van der Waals surface area contributed by atoms with Gasteiger partial charge in [0.2, 0.25) is 5.91 Å². The van der Waals surface area contributed by atoms with Crippen LogP contribution < -0.4 is 15.0 Å². The van der Waals surface area contributed by atoms with Gasteiger partial charge in [-0.2, -0.15) is 0 Å². The topological polar surface area (TPSA) is 84.9 Å². The summed E-state index contributed by atoms with van der Waals surface area (Å²) < 4.78 is 10.6. The molecule has 1 aliphatic rings. The van der Waals surface area contributed by atoms with Crippen molar-refractivity contribution in [2.24, 2.45) is 0 Å². The third kappa shape index (κ3) is 6.31. The predicted octanol–water partition coefficient (Wildman–Crippen LogP) is 2.83. The fraction of sp³-hybridized carbons (Fsp3) is 0.375. The lowest BCUT2D eigenvalue weighted by Crippen LogP contribution is -2.37. The second kappa shape index (κ2) is 10.6. The lowest BCUT2D eigenvalue weighted by molar-refractivity contribution is -0.147. The maximum Gasteiger partial charge on any atom is 0.326 e. The van der Waals surface area contributed by atoms with E-state index < -0.39 is 5.97 Å². The van der Waals surface area contributed by atoms with Crippen molar-refractivity contribution in [3.05, 3.63) is 59.7 Å². The minimum atomic E-state index is -0.649. The zero-order valence-electron chi connectivity index (χ0n) is 17.9. The Balaban J connectivity index is 1.43. The van der Waals surface area contributed by atoms with Crippen LogP contribution in [0.3, 0.4) is 0 Å². The highest BCUT2D eigenvalue weighted by Gasteiger charge is 2.25. The number of hydrogen-bond donors (Lipinski definition) is 1. The number of benzene rings is 2. The zero-order valence-corrected chi connectivity index (χ0v) is 17.9. The molecule has 0 saturated heterocycles. The Kier molecular flexibility index (Phi) is 7.65. The quantitative estimate of drug-likeness (QED) is 0.659. The molecule has 31 heavy (non-hydrogen) atoms. The number of fused-ring (bicyclic) bond motifs is 1. The first kappa shape index (κ1) is 22.3. The van der Waals surface area contributed by atoms with Crippen LogP contribution in [0.25, 0.3) is 0 Å². The number of hydrogen-bond acceptors (Lipinski definition) is 5. The largest absolute Gasteiger partial charge is 0.491 e. The Labute approximate surface area is 182 Å². The highest BCUT2D eigenvalue weighted by atomic mass is 16.5. The molecule has 0 saturated carbocycles. The van der Waals surface area contributed by atoms with Gasteiger partial charge in [0.25, 0.3) is 5.91 Å². The van der Waals surface area contributed by atoms with Gasteiger partial charge in [0.15, 0.2) is 6.61 Å². The first-order chi connectivity index (χ1) is 14.9. The summed E-state index contributed by atoms with van der Waals surface area (Å²) in [6.07, 6.45) is 0.859. The van der Waals surface area contributed by atoms with Gasteiger partial charge in [-0.25, -0.2) is 0 Å². The average Bonchev–Trinajstić information content (AvgIpc) is 2.91. The molecule has 0 bridgehead atoms. The van der Waals surface area contributed by atoms with E-state index in [2.05, 4.69) is 43.4 Å². The van der Waals surface area contributed by atoms with E-state index >= 15 is 0 Å². The Bertz CT molecular complexity index is 924. The van der Waals surface area contributed by atoms with Crippen LogP contribution >= 0.6 is 0 Å². The third-order valence-corrected chi connectivity index (χ3v) is 5.06. The molecule has 1 N–H and O–H groups in total. The number of para-hydroxylation sites is 2. The van der Waals surface area contributed by atoms with Crippen molar-refractivity contribution in [3.63, 3.8) is 0 Å². The van der Waals surface area contributed by atoms with Gasteiger partial charge in [-0.15, -0.1) is 0 Å². The molecule has 1 aliphatic heterocycles. The average molecular weight is 424 g/mol. The normalized spacial score (nSPS) is 13.3. The molecule has 0 fully saturated rings. The molecule has 7 heteroatoms. The summed E-state index contributed by atoms with van der Waals surface area (Å²) >= 11 is 0.